The summed E-state index contributed by atoms with van der Waals surface area (Å²) in [6.45, 7) is 4.97. The lowest BCUT2D eigenvalue weighted by Gasteiger charge is -2.12. The molecule has 0 fully saturated rings. The molecule has 1 aromatic carbocycles. The summed E-state index contributed by atoms with van der Waals surface area (Å²) in [5.41, 5.74) is -0.758. The van der Waals surface area contributed by atoms with E-state index in [2.05, 4.69) is 19.2 Å². The fraction of sp³-hybridized carbons (Fsp3) is 0.571. The van der Waals surface area contributed by atoms with Crippen molar-refractivity contribution in [2.45, 2.75) is 39.4 Å². The van der Waals surface area contributed by atoms with E-state index in [1.54, 1.807) is 0 Å². The molecule has 0 saturated carbocycles. The molecule has 1 unspecified atom stereocenters. The van der Waals surface area contributed by atoms with Crippen molar-refractivity contribution in [3.05, 3.63) is 35.1 Å². The van der Waals surface area contributed by atoms with Crippen LogP contribution in [-0.4, -0.2) is 6.54 Å². The zero-order valence-corrected chi connectivity index (χ0v) is 11.1. The SMILES string of the molecule is CCC(C)CCNCc1cc(C(F)(F)F)ccc1F. The lowest BCUT2D eigenvalue weighted by molar-refractivity contribution is -0.137. The predicted octanol–water partition coefficient (Wildman–Crippen LogP) is 4.37. The molecule has 0 radical (unpaired) electrons. The largest absolute Gasteiger partial charge is 0.416 e. The van der Waals surface area contributed by atoms with E-state index in [1.807, 2.05) is 0 Å². The molecule has 1 rings (SSSR count). The molecule has 5 heteroatoms. The summed E-state index contributed by atoms with van der Waals surface area (Å²) in [7, 11) is 0. The number of hydrogen-bond acceptors (Lipinski definition) is 1. The van der Waals surface area contributed by atoms with Gasteiger partial charge in [0.15, 0.2) is 0 Å². The Morgan fingerprint density at radius 2 is 1.95 bits per heavy atom. The molecule has 0 aliphatic carbocycles. The van der Waals surface area contributed by atoms with Gasteiger partial charge in [0.1, 0.15) is 5.82 Å². The van der Waals surface area contributed by atoms with Crippen molar-refractivity contribution in [2.75, 3.05) is 6.54 Å². The van der Waals surface area contributed by atoms with Crippen LogP contribution in [0.15, 0.2) is 18.2 Å². The average molecular weight is 277 g/mol. The summed E-state index contributed by atoms with van der Waals surface area (Å²) in [5.74, 6) is -0.0529. The average Bonchev–Trinajstić information content (AvgIpc) is 2.34. The van der Waals surface area contributed by atoms with E-state index in [0.29, 0.717) is 12.5 Å². The predicted molar refractivity (Wildman–Crippen MR) is 67.2 cm³/mol. The number of rotatable bonds is 6. The normalized spacial score (nSPS) is 13.6. The molecular weight excluding hydrogens is 258 g/mol. The molecule has 0 saturated heterocycles. The maximum atomic E-state index is 13.4. The van der Waals surface area contributed by atoms with Gasteiger partial charge in [-0.05, 0) is 37.1 Å². The molecule has 1 nitrogen and oxygen atoms in total. The first kappa shape index (κ1) is 16.0. The minimum atomic E-state index is -4.43. The van der Waals surface area contributed by atoms with Gasteiger partial charge < -0.3 is 5.32 Å². The van der Waals surface area contributed by atoms with Crippen molar-refractivity contribution in [1.82, 2.24) is 5.32 Å². The zero-order valence-electron chi connectivity index (χ0n) is 11.1. The van der Waals surface area contributed by atoms with Crippen LogP contribution in [0.1, 0.15) is 37.8 Å². The zero-order chi connectivity index (χ0) is 14.5. The Hall–Kier alpha value is -1.10. The van der Waals surface area contributed by atoms with Crippen molar-refractivity contribution in [3.8, 4) is 0 Å². The van der Waals surface area contributed by atoms with Crippen LogP contribution in [0.3, 0.4) is 0 Å². The van der Waals surface area contributed by atoms with Crippen molar-refractivity contribution >= 4 is 0 Å². The summed E-state index contributed by atoms with van der Waals surface area (Å²) < 4.78 is 50.9. The first-order chi connectivity index (χ1) is 8.84. The molecule has 1 N–H and O–H groups in total. The van der Waals surface area contributed by atoms with Crippen molar-refractivity contribution in [2.24, 2.45) is 5.92 Å². The van der Waals surface area contributed by atoms with Gasteiger partial charge in [0, 0.05) is 12.1 Å². The van der Waals surface area contributed by atoms with Crippen LogP contribution in [0.4, 0.5) is 17.6 Å². The Morgan fingerprint density at radius 3 is 2.53 bits per heavy atom. The van der Waals surface area contributed by atoms with Crippen LogP contribution in [-0.2, 0) is 12.7 Å². The lowest BCUT2D eigenvalue weighted by atomic mass is 10.1. The quantitative estimate of drug-likeness (QED) is 0.601. The summed E-state index contributed by atoms with van der Waals surface area (Å²) in [6, 6.07) is 2.50. The third kappa shape index (κ3) is 5.19. The molecule has 0 aromatic heterocycles. The Morgan fingerprint density at radius 1 is 1.26 bits per heavy atom. The molecule has 0 spiro atoms. The number of benzene rings is 1. The molecule has 0 amide bonds. The van der Waals surface area contributed by atoms with E-state index >= 15 is 0 Å². The summed E-state index contributed by atoms with van der Waals surface area (Å²) in [6.07, 6.45) is -2.45. The molecule has 0 aliphatic rings. The topological polar surface area (TPSA) is 12.0 Å². The summed E-state index contributed by atoms with van der Waals surface area (Å²) >= 11 is 0. The second kappa shape index (κ2) is 6.89. The highest BCUT2D eigenvalue weighted by Gasteiger charge is 2.30. The fourth-order valence-electron chi connectivity index (χ4n) is 1.66. The second-order valence-corrected chi connectivity index (χ2v) is 4.78. The van der Waals surface area contributed by atoms with Crippen LogP contribution in [0.25, 0.3) is 0 Å². The monoisotopic (exact) mass is 277 g/mol. The van der Waals surface area contributed by atoms with Gasteiger partial charge in [-0.3, -0.25) is 0 Å². The van der Waals surface area contributed by atoms with Gasteiger partial charge in [-0.15, -0.1) is 0 Å². The van der Waals surface area contributed by atoms with Crippen LogP contribution >= 0.6 is 0 Å². The van der Waals surface area contributed by atoms with Crippen LogP contribution < -0.4 is 5.32 Å². The number of hydrogen-bond donors (Lipinski definition) is 1. The van der Waals surface area contributed by atoms with E-state index in [0.717, 1.165) is 31.0 Å². The van der Waals surface area contributed by atoms with Gasteiger partial charge >= 0.3 is 6.18 Å². The van der Waals surface area contributed by atoms with Gasteiger partial charge in [-0.1, -0.05) is 20.3 Å². The van der Waals surface area contributed by atoms with E-state index in [4.69, 9.17) is 0 Å². The third-order valence-corrected chi connectivity index (χ3v) is 3.20. The van der Waals surface area contributed by atoms with E-state index in [9.17, 15) is 17.6 Å². The molecule has 1 aromatic rings. The summed E-state index contributed by atoms with van der Waals surface area (Å²) in [5, 5.41) is 2.98. The number of alkyl halides is 3. The first-order valence-electron chi connectivity index (χ1n) is 6.41. The first-order valence-corrected chi connectivity index (χ1v) is 6.41. The van der Waals surface area contributed by atoms with Crippen LogP contribution in [0, 0.1) is 11.7 Å². The smallest absolute Gasteiger partial charge is 0.313 e. The minimum Gasteiger partial charge on any atom is -0.313 e. The van der Waals surface area contributed by atoms with Crippen LogP contribution in [0.5, 0.6) is 0 Å². The van der Waals surface area contributed by atoms with E-state index in [-0.39, 0.29) is 12.1 Å². The number of nitrogens with one attached hydrogen (secondary N) is 1. The van der Waals surface area contributed by atoms with Crippen molar-refractivity contribution in [1.29, 1.82) is 0 Å². The molecule has 0 bridgehead atoms. The standard InChI is InChI=1S/C14H19F4N/c1-3-10(2)6-7-19-9-11-8-12(14(16,17)18)4-5-13(11)15/h4-5,8,10,19H,3,6-7,9H2,1-2H3. The highest BCUT2D eigenvalue weighted by Crippen LogP contribution is 2.30. The van der Waals surface area contributed by atoms with E-state index < -0.39 is 17.6 Å². The summed E-state index contributed by atoms with van der Waals surface area (Å²) in [4.78, 5) is 0. The van der Waals surface area contributed by atoms with Crippen molar-refractivity contribution in [3.63, 3.8) is 0 Å². The minimum absolute atomic E-state index is 0.0546. The molecule has 1 atom stereocenters. The van der Waals surface area contributed by atoms with Gasteiger partial charge in [0.05, 0.1) is 5.56 Å². The Kier molecular flexibility index (Phi) is 5.79. The van der Waals surface area contributed by atoms with Crippen LogP contribution in [0.2, 0.25) is 0 Å². The maximum absolute atomic E-state index is 13.4. The fourth-order valence-corrected chi connectivity index (χ4v) is 1.66. The highest BCUT2D eigenvalue weighted by molar-refractivity contribution is 5.27. The van der Waals surface area contributed by atoms with Gasteiger partial charge in [0.25, 0.3) is 0 Å². The maximum Gasteiger partial charge on any atom is 0.416 e. The van der Waals surface area contributed by atoms with Crippen molar-refractivity contribution < 1.29 is 17.6 Å². The Balaban J connectivity index is 2.58. The Labute approximate surface area is 111 Å². The van der Waals surface area contributed by atoms with E-state index in [1.165, 1.54) is 0 Å². The third-order valence-electron chi connectivity index (χ3n) is 3.20. The van der Waals surface area contributed by atoms with Gasteiger partial charge in [-0.25, -0.2) is 4.39 Å². The molecule has 0 aliphatic heterocycles. The molecule has 19 heavy (non-hydrogen) atoms. The second-order valence-electron chi connectivity index (χ2n) is 4.78. The number of halogens is 4. The molecule has 0 heterocycles. The van der Waals surface area contributed by atoms with Gasteiger partial charge in [0.2, 0.25) is 0 Å². The highest BCUT2D eigenvalue weighted by atomic mass is 19.4. The lowest BCUT2D eigenvalue weighted by Crippen LogP contribution is -2.18. The molecule has 108 valence electrons. The Bertz CT molecular complexity index is 401. The molecular formula is C14H19F4N. The van der Waals surface area contributed by atoms with Gasteiger partial charge in [-0.2, -0.15) is 13.2 Å².